The molecular weight excluding hydrogens is 314 g/mol. The molecular formula is C21H35NO3. The smallest absolute Gasteiger partial charge is 0.248 e. The molecule has 3 saturated carbocycles. The number of nitrogens with zero attached hydrogens (tertiary/aromatic N) is 1. The van der Waals surface area contributed by atoms with Crippen molar-refractivity contribution < 1.29 is 15.0 Å². The van der Waals surface area contributed by atoms with E-state index in [0.717, 1.165) is 50.1 Å². The number of carbonyl (C=O) groups excluding carboxylic acids is 1. The molecule has 0 aromatic rings. The van der Waals surface area contributed by atoms with Crippen LogP contribution in [0.3, 0.4) is 0 Å². The van der Waals surface area contributed by atoms with Gasteiger partial charge < -0.3 is 15.1 Å². The van der Waals surface area contributed by atoms with Crippen LogP contribution in [0.5, 0.6) is 0 Å². The lowest BCUT2D eigenvalue weighted by atomic mass is 9.44. The van der Waals surface area contributed by atoms with E-state index in [1.807, 2.05) is 4.90 Å². The molecule has 7 atom stereocenters. The zero-order valence-electron chi connectivity index (χ0n) is 15.9. The van der Waals surface area contributed by atoms with Crippen LogP contribution in [0.2, 0.25) is 0 Å². The van der Waals surface area contributed by atoms with Crippen LogP contribution in [0, 0.1) is 34.5 Å². The lowest BCUT2D eigenvalue weighted by Crippen LogP contribution is -2.59. The number of aliphatic hydroxyl groups is 2. The minimum absolute atomic E-state index is 0.0729. The second-order valence-corrected chi connectivity index (χ2v) is 10.0. The third-order valence-corrected chi connectivity index (χ3v) is 8.91. The van der Waals surface area contributed by atoms with E-state index in [9.17, 15) is 15.0 Å². The van der Waals surface area contributed by atoms with Crippen molar-refractivity contribution in [2.24, 2.45) is 34.5 Å². The molecule has 1 amide bonds. The van der Waals surface area contributed by atoms with Gasteiger partial charge in [0.1, 0.15) is 6.61 Å². The number of hydrogen-bond donors (Lipinski definition) is 2. The first-order chi connectivity index (χ1) is 11.9. The highest BCUT2D eigenvalue weighted by Crippen LogP contribution is 2.64. The van der Waals surface area contributed by atoms with Crippen molar-refractivity contribution in [1.29, 1.82) is 0 Å². The normalized spacial score (nSPS) is 49.8. The molecule has 4 rings (SSSR count). The van der Waals surface area contributed by atoms with Gasteiger partial charge in [0.25, 0.3) is 0 Å². The Bertz CT molecular complexity index is 537. The summed E-state index contributed by atoms with van der Waals surface area (Å²) in [6, 6.07) is 0. The van der Waals surface area contributed by atoms with E-state index in [1.54, 1.807) is 0 Å². The number of likely N-dealkylation sites (tertiary alicyclic amines) is 1. The molecule has 0 spiro atoms. The molecule has 0 unspecified atom stereocenters. The van der Waals surface area contributed by atoms with Gasteiger partial charge in [0.15, 0.2) is 0 Å². The number of rotatable bonds is 1. The van der Waals surface area contributed by atoms with E-state index < -0.39 is 0 Å². The summed E-state index contributed by atoms with van der Waals surface area (Å²) in [6.07, 6.45) is 9.30. The quantitative estimate of drug-likeness (QED) is 0.765. The van der Waals surface area contributed by atoms with Gasteiger partial charge in [-0.3, -0.25) is 4.79 Å². The van der Waals surface area contributed by atoms with Gasteiger partial charge in [-0.15, -0.1) is 0 Å². The third-order valence-electron chi connectivity index (χ3n) is 8.91. The van der Waals surface area contributed by atoms with Crippen molar-refractivity contribution in [3.63, 3.8) is 0 Å². The van der Waals surface area contributed by atoms with Gasteiger partial charge in [0.05, 0.1) is 6.10 Å². The second kappa shape index (κ2) is 6.23. The monoisotopic (exact) mass is 349 g/mol. The van der Waals surface area contributed by atoms with Gasteiger partial charge >= 0.3 is 0 Å². The number of fused-ring (bicyclic) bond motifs is 5. The van der Waals surface area contributed by atoms with Crippen molar-refractivity contribution in [3.8, 4) is 0 Å². The standard InChI is InChI=1S/C21H35NO3/c1-20-8-6-18-16(17(20)7-10-22(13-20)19(25)12-23)4-3-14-11-15(24)5-9-21(14,18)2/h14-18,23-24H,3-13H2,1-2H3/t14-,15+,16-,17-,18-,20+,21-/m0/s1. The first-order valence-corrected chi connectivity index (χ1v) is 10.4. The molecule has 1 heterocycles. The Kier molecular flexibility index (Phi) is 4.43. The van der Waals surface area contributed by atoms with Crippen LogP contribution in [0.1, 0.15) is 65.2 Å². The summed E-state index contributed by atoms with van der Waals surface area (Å²) in [5.41, 5.74) is 0.642. The number of piperidine rings is 1. The zero-order valence-corrected chi connectivity index (χ0v) is 15.9. The molecule has 4 nitrogen and oxygen atoms in total. The SMILES string of the molecule is C[C@]12CC[C@H]3[C@@H](CC[C@H]4C[C@H](O)CC[C@@]43C)[C@@H]1CCN(C(=O)CO)C2. The Morgan fingerprint density at radius 2 is 1.88 bits per heavy atom. The molecule has 4 aliphatic rings. The van der Waals surface area contributed by atoms with Crippen molar-refractivity contribution in [1.82, 2.24) is 4.90 Å². The number of amides is 1. The molecule has 2 N–H and O–H groups in total. The molecule has 1 saturated heterocycles. The van der Waals surface area contributed by atoms with Crippen LogP contribution in [0.15, 0.2) is 0 Å². The summed E-state index contributed by atoms with van der Waals surface area (Å²) >= 11 is 0. The fraction of sp³-hybridized carbons (Fsp3) is 0.952. The Morgan fingerprint density at radius 3 is 2.64 bits per heavy atom. The topological polar surface area (TPSA) is 60.8 Å². The average molecular weight is 350 g/mol. The van der Waals surface area contributed by atoms with E-state index in [-0.39, 0.29) is 24.0 Å². The summed E-state index contributed by atoms with van der Waals surface area (Å²) in [4.78, 5) is 13.9. The van der Waals surface area contributed by atoms with Crippen LogP contribution >= 0.6 is 0 Å². The van der Waals surface area contributed by atoms with Gasteiger partial charge in [-0.2, -0.15) is 0 Å². The molecule has 4 heteroatoms. The van der Waals surface area contributed by atoms with Crippen molar-refractivity contribution in [2.75, 3.05) is 19.7 Å². The van der Waals surface area contributed by atoms with Gasteiger partial charge in [-0.1, -0.05) is 13.8 Å². The van der Waals surface area contributed by atoms with Crippen LogP contribution in [-0.2, 0) is 4.79 Å². The van der Waals surface area contributed by atoms with E-state index in [0.29, 0.717) is 11.3 Å². The maximum atomic E-state index is 12.0. The third kappa shape index (κ3) is 2.75. The minimum Gasteiger partial charge on any atom is -0.393 e. The number of carbonyl (C=O) groups is 1. The van der Waals surface area contributed by atoms with E-state index in [4.69, 9.17) is 0 Å². The lowest BCUT2D eigenvalue weighted by molar-refractivity contribution is -0.157. The first-order valence-electron chi connectivity index (χ1n) is 10.4. The first kappa shape index (κ1) is 17.8. The lowest BCUT2D eigenvalue weighted by Gasteiger charge is -2.63. The molecule has 0 radical (unpaired) electrons. The summed E-state index contributed by atoms with van der Waals surface area (Å²) in [5.74, 6) is 2.92. The molecule has 3 aliphatic carbocycles. The van der Waals surface area contributed by atoms with Crippen molar-refractivity contribution in [3.05, 3.63) is 0 Å². The van der Waals surface area contributed by atoms with Crippen LogP contribution in [-0.4, -0.2) is 46.8 Å². The maximum absolute atomic E-state index is 12.0. The Labute approximate surface area is 152 Å². The maximum Gasteiger partial charge on any atom is 0.248 e. The highest BCUT2D eigenvalue weighted by Gasteiger charge is 2.57. The van der Waals surface area contributed by atoms with E-state index in [2.05, 4.69) is 13.8 Å². The summed E-state index contributed by atoms with van der Waals surface area (Å²) in [5, 5.41) is 19.4. The Hall–Kier alpha value is -0.610. The van der Waals surface area contributed by atoms with Gasteiger partial charge in [0.2, 0.25) is 5.91 Å². The minimum atomic E-state index is -0.352. The fourth-order valence-corrected chi connectivity index (χ4v) is 7.51. The molecule has 1 aliphatic heterocycles. The molecule has 0 bridgehead atoms. The van der Waals surface area contributed by atoms with Gasteiger partial charge in [-0.05, 0) is 85.9 Å². The average Bonchev–Trinajstić information content (AvgIpc) is 2.60. The Morgan fingerprint density at radius 1 is 1.08 bits per heavy atom. The molecule has 142 valence electrons. The molecule has 4 fully saturated rings. The van der Waals surface area contributed by atoms with Crippen LogP contribution in [0.4, 0.5) is 0 Å². The highest BCUT2D eigenvalue weighted by atomic mass is 16.3. The van der Waals surface area contributed by atoms with E-state index >= 15 is 0 Å². The van der Waals surface area contributed by atoms with Crippen molar-refractivity contribution in [2.45, 2.75) is 71.3 Å². The predicted octanol–water partition coefficient (Wildman–Crippen LogP) is 2.82. The van der Waals surface area contributed by atoms with Gasteiger partial charge in [0, 0.05) is 13.1 Å². The molecule has 25 heavy (non-hydrogen) atoms. The van der Waals surface area contributed by atoms with E-state index in [1.165, 1.54) is 32.1 Å². The summed E-state index contributed by atoms with van der Waals surface area (Å²) in [7, 11) is 0. The highest BCUT2D eigenvalue weighted by molar-refractivity contribution is 5.77. The number of hydrogen-bond acceptors (Lipinski definition) is 3. The fourth-order valence-electron chi connectivity index (χ4n) is 7.51. The molecule has 0 aromatic carbocycles. The summed E-state index contributed by atoms with van der Waals surface area (Å²) < 4.78 is 0. The van der Waals surface area contributed by atoms with Gasteiger partial charge in [-0.25, -0.2) is 0 Å². The predicted molar refractivity (Wildman–Crippen MR) is 96.8 cm³/mol. The largest absolute Gasteiger partial charge is 0.393 e. The Balaban J connectivity index is 1.55. The zero-order chi connectivity index (χ0) is 17.8. The number of aliphatic hydroxyl groups excluding tert-OH is 2. The molecule has 0 aromatic heterocycles. The summed E-state index contributed by atoms with van der Waals surface area (Å²) in [6.45, 7) is 6.22. The van der Waals surface area contributed by atoms with Crippen LogP contribution in [0.25, 0.3) is 0 Å². The van der Waals surface area contributed by atoms with Crippen molar-refractivity contribution >= 4 is 5.91 Å². The second-order valence-electron chi connectivity index (χ2n) is 10.0. The van der Waals surface area contributed by atoms with Crippen LogP contribution < -0.4 is 0 Å².